The number of ether oxygens (including phenoxy) is 1. The third-order valence-electron chi connectivity index (χ3n) is 2.82. The van der Waals surface area contributed by atoms with E-state index in [1.807, 2.05) is 0 Å². The zero-order chi connectivity index (χ0) is 18.8. The summed E-state index contributed by atoms with van der Waals surface area (Å²) in [5.74, 6) is -2.53. The Morgan fingerprint density at radius 1 is 1.20 bits per heavy atom. The molecule has 25 heavy (non-hydrogen) atoms. The number of nitrogens with zero attached hydrogens (tertiary/aromatic N) is 1. The van der Waals surface area contributed by atoms with E-state index in [4.69, 9.17) is 0 Å². The molecule has 2 rings (SSSR count). The SMILES string of the molecule is O=C(Nc1ccc(OC(F)(F)F)c([N+](=O)[O-])c1)c1ccc(Br)c(F)c1. The Hall–Kier alpha value is -2.69. The van der Waals surface area contributed by atoms with Crippen molar-refractivity contribution in [2.24, 2.45) is 0 Å². The average molecular weight is 423 g/mol. The maximum atomic E-state index is 13.4. The van der Waals surface area contributed by atoms with Crippen LogP contribution in [-0.4, -0.2) is 17.2 Å². The van der Waals surface area contributed by atoms with Gasteiger partial charge < -0.3 is 10.1 Å². The second kappa shape index (κ2) is 7.05. The van der Waals surface area contributed by atoms with E-state index in [0.717, 1.165) is 12.1 Å². The van der Waals surface area contributed by atoms with Crippen molar-refractivity contribution in [2.75, 3.05) is 5.32 Å². The van der Waals surface area contributed by atoms with E-state index < -0.39 is 34.4 Å². The Bertz CT molecular complexity index is 842. The lowest BCUT2D eigenvalue weighted by Gasteiger charge is -2.11. The van der Waals surface area contributed by atoms with Gasteiger partial charge in [-0.25, -0.2) is 4.39 Å². The van der Waals surface area contributed by atoms with Crippen molar-refractivity contribution in [2.45, 2.75) is 6.36 Å². The molecular formula is C14H7BrF4N2O4. The topological polar surface area (TPSA) is 81.5 Å². The fourth-order valence-electron chi connectivity index (χ4n) is 1.79. The first kappa shape index (κ1) is 18.6. The third kappa shape index (κ3) is 4.89. The van der Waals surface area contributed by atoms with E-state index >= 15 is 0 Å². The van der Waals surface area contributed by atoms with Crippen molar-refractivity contribution < 1.29 is 32.0 Å². The van der Waals surface area contributed by atoms with Crippen molar-refractivity contribution >= 4 is 33.2 Å². The number of carbonyl (C=O) groups is 1. The van der Waals surface area contributed by atoms with Crippen molar-refractivity contribution in [3.05, 3.63) is 62.4 Å². The maximum absolute atomic E-state index is 13.4. The standard InChI is InChI=1S/C14H7BrF4N2O4/c15-9-3-1-7(5-10(9)16)13(22)20-8-2-4-12(25-14(17,18)19)11(6-8)21(23)24/h1-6H,(H,20,22). The molecule has 0 radical (unpaired) electrons. The molecule has 0 unspecified atom stereocenters. The number of nitro benzene ring substituents is 1. The normalized spacial score (nSPS) is 11.1. The molecule has 0 fully saturated rings. The van der Waals surface area contributed by atoms with E-state index in [1.54, 1.807) is 0 Å². The maximum Gasteiger partial charge on any atom is 0.573 e. The Balaban J connectivity index is 2.27. The summed E-state index contributed by atoms with van der Waals surface area (Å²) in [6, 6.07) is 5.89. The molecule has 0 aliphatic rings. The molecule has 0 aliphatic carbocycles. The summed E-state index contributed by atoms with van der Waals surface area (Å²) in [7, 11) is 0. The summed E-state index contributed by atoms with van der Waals surface area (Å²) in [5.41, 5.74) is -1.23. The van der Waals surface area contributed by atoms with E-state index in [9.17, 15) is 32.5 Å². The monoisotopic (exact) mass is 422 g/mol. The molecule has 1 N–H and O–H groups in total. The fourth-order valence-corrected chi connectivity index (χ4v) is 2.04. The van der Waals surface area contributed by atoms with Gasteiger partial charge in [0.15, 0.2) is 0 Å². The van der Waals surface area contributed by atoms with Gasteiger partial charge in [-0.15, -0.1) is 13.2 Å². The number of hydrogen-bond donors (Lipinski definition) is 1. The van der Waals surface area contributed by atoms with Gasteiger partial charge in [-0.3, -0.25) is 14.9 Å². The number of rotatable bonds is 4. The van der Waals surface area contributed by atoms with Gasteiger partial charge in [0.25, 0.3) is 5.91 Å². The highest BCUT2D eigenvalue weighted by atomic mass is 79.9. The Morgan fingerprint density at radius 2 is 1.88 bits per heavy atom. The minimum absolute atomic E-state index is 0.0843. The summed E-state index contributed by atoms with van der Waals surface area (Å²) >= 11 is 2.92. The number of halogens is 5. The number of nitro groups is 1. The Kier molecular flexibility index (Phi) is 5.26. The summed E-state index contributed by atoms with van der Waals surface area (Å²) in [6.07, 6.45) is -5.11. The predicted octanol–water partition coefficient (Wildman–Crippen LogP) is 4.65. The van der Waals surface area contributed by atoms with E-state index in [1.165, 1.54) is 12.1 Å². The molecule has 1 amide bonds. The minimum Gasteiger partial charge on any atom is -0.398 e. The van der Waals surface area contributed by atoms with Crippen molar-refractivity contribution in [3.8, 4) is 5.75 Å². The zero-order valence-electron chi connectivity index (χ0n) is 11.9. The van der Waals surface area contributed by atoms with Gasteiger partial charge in [0, 0.05) is 17.3 Å². The van der Waals surface area contributed by atoms with Crippen LogP contribution in [0.2, 0.25) is 0 Å². The van der Waals surface area contributed by atoms with Crippen LogP contribution in [0.25, 0.3) is 0 Å². The van der Waals surface area contributed by atoms with Crippen LogP contribution < -0.4 is 10.1 Å². The molecule has 0 spiro atoms. The lowest BCUT2D eigenvalue weighted by Crippen LogP contribution is -2.18. The van der Waals surface area contributed by atoms with Crippen LogP contribution in [0, 0.1) is 15.9 Å². The summed E-state index contributed by atoms with van der Waals surface area (Å²) in [6.45, 7) is 0. The Morgan fingerprint density at radius 3 is 2.44 bits per heavy atom. The summed E-state index contributed by atoms with van der Waals surface area (Å²) in [5, 5.41) is 13.1. The van der Waals surface area contributed by atoms with Crippen LogP contribution in [0.5, 0.6) is 5.75 Å². The highest BCUT2D eigenvalue weighted by molar-refractivity contribution is 9.10. The van der Waals surface area contributed by atoms with Crippen molar-refractivity contribution in [1.82, 2.24) is 0 Å². The number of hydrogen-bond acceptors (Lipinski definition) is 4. The van der Waals surface area contributed by atoms with Crippen LogP contribution in [-0.2, 0) is 0 Å². The first-order chi connectivity index (χ1) is 11.6. The number of alkyl halides is 3. The molecule has 0 saturated carbocycles. The fraction of sp³-hybridized carbons (Fsp3) is 0.0714. The third-order valence-corrected chi connectivity index (χ3v) is 3.46. The van der Waals surface area contributed by atoms with Gasteiger partial charge in [0.1, 0.15) is 5.82 Å². The van der Waals surface area contributed by atoms with Crippen LogP contribution in [0.15, 0.2) is 40.9 Å². The molecule has 0 saturated heterocycles. The summed E-state index contributed by atoms with van der Waals surface area (Å²) in [4.78, 5) is 21.8. The smallest absolute Gasteiger partial charge is 0.398 e. The molecule has 6 nitrogen and oxygen atoms in total. The lowest BCUT2D eigenvalue weighted by atomic mass is 10.2. The first-order valence-corrected chi connectivity index (χ1v) is 7.17. The van der Waals surface area contributed by atoms with Gasteiger partial charge in [-0.2, -0.15) is 0 Å². The first-order valence-electron chi connectivity index (χ1n) is 6.37. The molecule has 2 aromatic carbocycles. The largest absolute Gasteiger partial charge is 0.573 e. The molecule has 0 atom stereocenters. The van der Waals surface area contributed by atoms with Crippen LogP contribution in [0.4, 0.5) is 28.9 Å². The van der Waals surface area contributed by atoms with Gasteiger partial charge in [0.05, 0.1) is 9.40 Å². The molecule has 0 aliphatic heterocycles. The molecule has 0 heterocycles. The molecule has 2 aromatic rings. The van der Waals surface area contributed by atoms with Crippen LogP contribution in [0.1, 0.15) is 10.4 Å². The number of carbonyl (C=O) groups excluding carboxylic acids is 1. The minimum atomic E-state index is -5.11. The Labute approximate surface area is 145 Å². The van der Waals surface area contributed by atoms with Crippen LogP contribution in [0.3, 0.4) is 0 Å². The lowest BCUT2D eigenvalue weighted by molar-refractivity contribution is -0.388. The zero-order valence-corrected chi connectivity index (χ0v) is 13.5. The second-order valence-electron chi connectivity index (χ2n) is 4.57. The van der Waals surface area contributed by atoms with Crippen LogP contribution >= 0.6 is 15.9 Å². The van der Waals surface area contributed by atoms with Gasteiger partial charge in [-0.1, -0.05) is 0 Å². The number of nitrogens with one attached hydrogen (secondary N) is 1. The average Bonchev–Trinajstić information content (AvgIpc) is 2.49. The molecule has 11 heteroatoms. The molecule has 0 aromatic heterocycles. The van der Waals surface area contributed by atoms with E-state index in [2.05, 4.69) is 26.0 Å². The van der Waals surface area contributed by atoms with Crippen molar-refractivity contribution in [1.29, 1.82) is 0 Å². The highest BCUT2D eigenvalue weighted by Gasteiger charge is 2.34. The molecule has 132 valence electrons. The number of benzene rings is 2. The van der Waals surface area contributed by atoms with Gasteiger partial charge in [-0.05, 0) is 46.3 Å². The predicted molar refractivity (Wildman–Crippen MR) is 81.8 cm³/mol. The van der Waals surface area contributed by atoms with E-state index in [-0.39, 0.29) is 15.7 Å². The molecular weight excluding hydrogens is 416 g/mol. The number of anilines is 1. The molecule has 0 bridgehead atoms. The second-order valence-corrected chi connectivity index (χ2v) is 5.42. The van der Waals surface area contributed by atoms with Crippen molar-refractivity contribution in [3.63, 3.8) is 0 Å². The van der Waals surface area contributed by atoms with E-state index in [0.29, 0.717) is 12.1 Å². The summed E-state index contributed by atoms with van der Waals surface area (Å²) < 4.78 is 53.8. The van der Waals surface area contributed by atoms with Gasteiger partial charge in [0.2, 0.25) is 5.75 Å². The van der Waals surface area contributed by atoms with Gasteiger partial charge >= 0.3 is 12.0 Å². The quantitative estimate of drug-likeness (QED) is 0.441. The highest BCUT2D eigenvalue weighted by Crippen LogP contribution is 2.34. The number of amides is 1.